The summed E-state index contributed by atoms with van der Waals surface area (Å²) in [5.74, 6) is 1.38. The fourth-order valence-electron chi connectivity index (χ4n) is 3.99. The molecular formula is C31H29ClO2. The zero-order chi connectivity index (χ0) is 23.4. The fraction of sp³-hybridized carbons (Fsp3) is 0.161. The summed E-state index contributed by atoms with van der Waals surface area (Å²) < 4.78 is 11.8. The molecule has 0 unspecified atom stereocenters. The molecule has 172 valence electrons. The van der Waals surface area contributed by atoms with Crippen LogP contribution in [0.15, 0.2) is 115 Å². The first-order valence-electron chi connectivity index (χ1n) is 11.6. The Morgan fingerprint density at radius 3 is 1.91 bits per heavy atom. The smallest absolute Gasteiger partial charge is 0.120 e. The molecule has 0 aliphatic carbocycles. The van der Waals surface area contributed by atoms with Crippen LogP contribution in [0.4, 0.5) is 0 Å². The van der Waals surface area contributed by atoms with E-state index in [1.165, 1.54) is 16.7 Å². The molecule has 0 heterocycles. The van der Waals surface area contributed by atoms with Gasteiger partial charge in [0.2, 0.25) is 0 Å². The SMILES string of the molecule is ClCC/C(=C(\c1ccccc1)c1cccc(OCCOCc2ccccc2)c1)c1ccccc1. The van der Waals surface area contributed by atoms with Crippen LogP contribution in [0.25, 0.3) is 11.1 Å². The highest BCUT2D eigenvalue weighted by Gasteiger charge is 2.14. The summed E-state index contributed by atoms with van der Waals surface area (Å²) >= 11 is 6.27. The third kappa shape index (κ3) is 6.60. The third-order valence-corrected chi connectivity index (χ3v) is 5.75. The Morgan fingerprint density at radius 2 is 1.24 bits per heavy atom. The van der Waals surface area contributed by atoms with Crippen molar-refractivity contribution in [2.24, 2.45) is 0 Å². The maximum absolute atomic E-state index is 6.27. The molecule has 0 aromatic heterocycles. The zero-order valence-corrected chi connectivity index (χ0v) is 20.0. The van der Waals surface area contributed by atoms with E-state index in [1.807, 2.05) is 42.5 Å². The summed E-state index contributed by atoms with van der Waals surface area (Å²) in [5, 5.41) is 0. The van der Waals surface area contributed by atoms with Gasteiger partial charge in [0.1, 0.15) is 12.4 Å². The second-order valence-corrected chi connectivity index (χ2v) is 8.32. The Kier molecular flexibility index (Phi) is 8.96. The minimum Gasteiger partial charge on any atom is -0.491 e. The number of halogens is 1. The molecule has 0 atom stereocenters. The van der Waals surface area contributed by atoms with Gasteiger partial charge in [0.15, 0.2) is 0 Å². The Balaban J connectivity index is 1.56. The third-order valence-electron chi connectivity index (χ3n) is 5.56. The van der Waals surface area contributed by atoms with Crippen LogP contribution in [-0.4, -0.2) is 19.1 Å². The Hall–Kier alpha value is -3.33. The standard InChI is InChI=1S/C31H29ClO2/c32-20-19-30(26-13-6-2-7-14-26)31(27-15-8-3-9-16-27)28-17-10-18-29(23-28)34-22-21-33-24-25-11-4-1-5-12-25/h1-18,23H,19-22,24H2/b31-30-. The second kappa shape index (κ2) is 12.8. The van der Waals surface area contributed by atoms with E-state index in [0.717, 1.165) is 28.9 Å². The number of benzene rings is 4. The summed E-state index contributed by atoms with van der Waals surface area (Å²) in [4.78, 5) is 0. The molecule has 0 amide bonds. The van der Waals surface area contributed by atoms with E-state index in [2.05, 4.69) is 72.8 Å². The molecular weight excluding hydrogens is 440 g/mol. The molecule has 0 saturated carbocycles. The number of hydrogen-bond acceptors (Lipinski definition) is 2. The van der Waals surface area contributed by atoms with Crippen molar-refractivity contribution in [3.63, 3.8) is 0 Å². The number of alkyl halides is 1. The Labute approximate surface area is 207 Å². The summed E-state index contributed by atoms with van der Waals surface area (Å²) in [6, 6.07) is 39.4. The molecule has 4 rings (SSSR count). The largest absolute Gasteiger partial charge is 0.491 e. The molecule has 34 heavy (non-hydrogen) atoms. The molecule has 0 saturated heterocycles. The molecule has 0 bridgehead atoms. The van der Waals surface area contributed by atoms with Crippen LogP contribution < -0.4 is 4.74 Å². The lowest BCUT2D eigenvalue weighted by Gasteiger charge is -2.18. The zero-order valence-electron chi connectivity index (χ0n) is 19.2. The number of rotatable bonds is 11. The molecule has 3 heteroatoms. The van der Waals surface area contributed by atoms with Gasteiger partial charge in [-0.2, -0.15) is 0 Å². The molecule has 0 fully saturated rings. The molecule has 0 N–H and O–H groups in total. The Bertz CT molecular complexity index is 1170. The maximum atomic E-state index is 6.27. The molecule has 2 nitrogen and oxygen atoms in total. The van der Waals surface area contributed by atoms with Gasteiger partial charge >= 0.3 is 0 Å². The van der Waals surface area contributed by atoms with Gasteiger partial charge in [-0.15, -0.1) is 11.6 Å². The number of hydrogen-bond donors (Lipinski definition) is 0. The minimum absolute atomic E-state index is 0.494. The molecule has 0 radical (unpaired) electrons. The van der Waals surface area contributed by atoms with Crippen LogP contribution in [0.2, 0.25) is 0 Å². The van der Waals surface area contributed by atoms with Crippen LogP contribution >= 0.6 is 11.6 Å². The highest BCUT2D eigenvalue weighted by atomic mass is 35.5. The van der Waals surface area contributed by atoms with Crippen LogP contribution in [0, 0.1) is 0 Å². The monoisotopic (exact) mass is 468 g/mol. The van der Waals surface area contributed by atoms with Crippen molar-refractivity contribution in [2.45, 2.75) is 13.0 Å². The minimum atomic E-state index is 0.494. The summed E-state index contributed by atoms with van der Waals surface area (Å²) in [7, 11) is 0. The molecule has 4 aromatic carbocycles. The van der Waals surface area contributed by atoms with Gasteiger partial charge in [0.05, 0.1) is 13.2 Å². The van der Waals surface area contributed by atoms with Gasteiger partial charge in [-0.25, -0.2) is 0 Å². The van der Waals surface area contributed by atoms with Crippen LogP contribution in [0.3, 0.4) is 0 Å². The van der Waals surface area contributed by atoms with Crippen molar-refractivity contribution in [3.8, 4) is 5.75 Å². The van der Waals surface area contributed by atoms with E-state index in [0.29, 0.717) is 25.7 Å². The molecule has 0 spiro atoms. The van der Waals surface area contributed by atoms with Crippen molar-refractivity contribution in [2.75, 3.05) is 19.1 Å². The van der Waals surface area contributed by atoms with Gasteiger partial charge in [-0.1, -0.05) is 103 Å². The average Bonchev–Trinajstić information content (AvgIpc) is 2.90. The van der Waals surface area contributed by atoms with E-state index in [1.54, 1.807) is 0 Å². The van der Waals surface area contributed by atoms with Gasteiger partial charge in [-0.3, -0.25) is 0 Å². The summed E-state index contributed by atoms with van der Waals surface area (Å²) in [6.45, 7) is 1.61. The van der Waals surface area contributed by atoms with Crippen molar-refractivity contribution in [1.29, 1.82) is 0 Å². The summed E-state index contributed by atoms with van der Waals surface area (Å²) in [5.41, 5.74) is 7.02. The topological polar surface area (TPSA) is 18.5 Å². The predicted molar refractivity (Wildman–Crippen MR) is 142 cm³/mol. The van der Waals surface area contributed by atoms with Crippen LogP contribution in [-0.2, 0) is 11.3 Å². The summed E-state index contributed by atoms with van der Waals surface area (Å²) in [6.07, 6.45) is 0.772. The van der Waals surface area contributed by atoms with Gasteiger partial charge in [-0.05, 0) is 52.0 Å². The highest BCUT2D eigenvalue weighted by molar-refractivity contribution is 6.18. The maximum Gasteiger partial charge on any atom is 0.120 e. The van der Waals surface area contributed by atoms with Gasteiger partial charge in [0.25, 0.3) is 0 Å². The van der Waals surface area contributed by atoms with Crippen molar-refractivity contribution in [3.05, 3.63) is 138 Å². The lowest BCUT2D eigenvalue weighted by atomic mass is 9.88. The lowest BCUT2D eigenvalue weighted by molar-refractivity contribution is 0.0889. The van der Waals surface area contributed by atoms with E-state index in [4.69, 9.17) is 21.1 Å². The Morgan fingerprint density at radius 1 is 0.618 bits per heavy atom. The molecule has 0 aliphatic rings. The molecule has 0 aliphatic heterocycles. The highest BCUT2D eigenvalue weighted by Crippen LogP contribution is 2.35. The quantitative estimate of drug-likeness (QED) is 0.127. The second-order valence-electron chi connectivity index (χ2n) is 7.94. The van der Waals surface area contributed by atoms with E-state index in [9.17, 15) is 0 Å². The van der Waals surface area contributed by atoms with E-state index < -0.39 is 0 Å². The van der Waals surface area contributed by atoms with Crippen LogP contribution in [0.1, 0.15) is 28.7 Å². The van der Waals surface area contributed by atoms with Gasteiger partial charge < -0.3 is 9.47 Å². The first kappa shape index (κ1) is 23.8. The van der Waals surface area contributed by atoms with Crippen molar-refractivity contribution < 1.29 is 9.47 Å². The lowest BCUT2D eigenvalue weighted by Crippen LogP contribution is -2.07. The average molecular weight is 469 g/mol. The van der Waals surface area contributed by atoms with Gasteiger partial charge in [0, 0.05) is 5.88 Å². The number of allylic oxidation sites excluding steroid dienone is 1. The van der Waals surface area contributed by atoms with E-state index in [-0.39, 0.29) is 0 Å². The first-order valence-corrected chi connectivity index (χ1v) is 12.1. The molecule has 4 aromatic rings. The fourth-order valence-corrected chi connectivity index (χ4v) is 4.18. The first-order chi connectivity index (χ1) is 16.8. The normalized spacial score (nSPS) is 11.7. The van der Waals surface area contributed by atoms with E-state index >= 15 is 0 Å². The number of ether oxygens (including phenoxy) is 2. The predicted octanol–water partition coefficient (Wildman–Crippen LogP) is 7.87. The van der Waals surface area contributed by atoms with Crippen molar-refractivity contribution in [1.82, 2.24) is 0 Å². The van der Waals surface area contributed by atoms with Crippen molar-refractivity contribution >= 4 is 22.7 Å². The van der Waals surface area contributed by atoms with Crippen LogP contribution in [0.5, 0.6) is 5.75 Å².